The Kier molecular flexibility index (Phi) is 3.58. The van der Waals surface area contributed by atoms with Gasteiger partial charge in [0, 0.05) is 22.7 Å². The largest absolute Gasteiger partial charge is 0.327 e. The minimum Gasteiger partial charge on any atom is -0.327 e. The lowest BCUT2D eigenvalue weighted by Gasteiger charge is -2.30. The van der Waals surface area contributed by atoms with Crippen LogP contribution in [0.3, 0.4) is 0 Å². The normalized spacial score (nSPS) is 23.5. The molecule has 19 heavy (non-hydrogen) atoms. The van der Waals surface area contributed by atoms with Crippen LogP contribution in [0.1, 0.15) is 25.8 Å². The van der Waals surface area contributed by atoms with E-state index in [1.165, 1.54) is 0 Å². The summed E-state index contributed by atoms with van der Waals surface area (Å²) in [5, 5.41) is 4.25. The number of hydrogen-bond donors (Lipinski definition) is 1. The van der Waals surface area contributed by atoms with E-state index in [1.54, 1.807) is 0 Å². The number of imidazole rings is 1. The van der Waals surface area contributed by atoms with Crippen LogP contribution in [-0.2, 0) is 0 Å². The molecule has 0 bridgehead atoms. The Morgan fingerprint density at radius 2 is 2.32 bits per heavy atom. The minimum absolute atomic E-state index is 0.521. The zero-order chi connectivity index (χ0) is 13.2. The maximum absolute atomic E-state index is 6.08. The Morgan fingerprint density at radius 3 is 3.11 bits per heavy atom. The lowest BCUT2D eigenvalue weighted by molar-refractivity contribution is 0.315. The molecule has 1 fully saturated rings. The van der Waals surface area contributed by atoms with Crippen LogP contribution >= 0.6 is 11.6 Å². The van der Waals surface area contributed by atoms with Gasteiger partial charge in [-0.15, -0.1) is 0 Å². The Morgan fingerprint density at radius 1 is 1.42 bits per heavy atom. The van der Waals surface area contributed by atoms with E-state index in [4.69, 9.17) is 11.6 Å². The summed E-state index contributed by atoms with van der Waals surface area (Å²) in [5.74, 6) is 0. The second-order valence-corrected chi connectivity index (χ2v) is 5.67. The molecule has 0 spiro atoms. The first kappa shape index (κ1) is 12.7. The molecule has 1 saturated heterocycles. The van der Waals surface area contributed by atoms with Crippen LogP contribution in [0, 0.1) is 0 Å². The maximum atomic E-state index is 6.08. The van der Waals surface area contributed by atoms with Gasteiger partial charge in [-0.2, -0.15) is 0 Å². The molecular weight excluding hydrogens is 258 g/mol. The second kappa shape index (κ2) is 5.35. The third-order valence-corrected chi connectivity index (χ3v) is 4.01. The Bertz CT molecular complexity index is 564. The molecule has 0 saturated carbocycles. The van der Waals surface area contributed by atoms with Crippen LogP contribution in [0.4, 0.5) is 0 Å². The third kappa shape index (κ3) is 2.67. The lowest BCUT2D eigenvalue weighted by atomic mass is 9.99. The van der Waals surface area contributed by atoms with Gasteiger partial charge in [-0.05, 0) is 38.4 Å². The van der Waals surface area contributed by atoms with Gasteiger partial charge < -0.3 is 9.88 Å². The van der Waals surface area contributed by atoms with Crippen molar-refractivity contribution in [2.45, 2.75) is 31.8 Å². The van der Waals surface area contributed by atoms with Gasteiger partial charge in [0.2, 0.25) is 0 Å². The van der Waals surface area contributed by atoms with Crippen LogP contribution < -0.4 is 5.32 Å². The molecule has 2 unspecified atom stereocenters. The van der Waals surface area contributed by atoms with E-state index in [-0.39, 0.29) is 0 Å². The zero-order valence-electron chi connectivity index (χ0n) is 11.0. The van der Waals surface area contributed by atoms with Crippen molar-refractivity contribution in [3.8, 4) is 11.3 Å². The van der Waals surface area contributed by atoms with Crippen LogP contribution in [0.5, 0.6) is 0 Å². The predicted octanol–water partition coefficient (Wildman–Crippen LogP) is 3.52. The van der Waals surface area contributed by atoms with Gasteiger partial charge >= 0.3 is 0 Å². The monoisotopic (exact) mass is 275 g/mol. The van der Waals surface area contributed by atoms with E-state index in [0.717, 1.165) is 35.7 Å². The van der Waals surface area contributed by atoms with E-state index >= 15 is 0 Å². The molecule has 3 rings (SSSR count). The van der Waals surface area contributed by atoms with Crippen molar-refractivity contribution in [3.63, 3.8) is 0 Å². The number of benzene rings is 1. The highest BCUT2D eigenvalue weighted by molar-refractivity contribution is 6.30. The quantitative estimate of drug-likeness (QED) is 0.909. The molecule has 1 aromatic carbocycles. The number of hydrogen-bond acceptors (Lipinski definition) is 2. The van der Waals surface area contributed by atoms with Crippen molar-refractivity contribution < 1.29 is 0 Å². The van der Waals surface area contributed by atoms with E-state index in [0.29, 0.717) is 12.1 Å². The molecule has 3 nitrogen and oxygen atoms in total. The molecule has 0 aliphatic carbocycles. The summed E-state index contributed by atoms with van der Waals surface area (Å²) in [6.07, 6.45) is 6.16. The van der Waals surface area contributed by atoms with Gasteiger partial charge in [-0.1, -0.05) is 23.7 Å². The summed E-state index contributed by atoms with van der Waals surface area (Å²) < 4.78 is 2.29. The van der Waals surface area contributed by atoms with Crippen molar-refractivity contribution in [2.24, 2.45) is 0 Å². The molecule has 100 valence electrons. The standard InChI is InChI=1S/C15H18ClN3/c1-11-7-14(5-6-18-11)19-10-17-9-15(19)12-3-2-4-13(16)8-12/h2-4,8-11,14,18H,5-7H2,1H3. The third-order valence-electron chi connectivity index (χ3n) is 3.78. The molecule has 4 heteroatoms. The number of halogens is 1. The topological polar surface area (TPSA) is 29.9 Å². The molecular formula is C15H18ClN3. The average molecular weight is 276 g/mol. The zero-order valence-corrected chi connectivity index (χ0v) is 11.8. The SMILES string of the molecule is CC1CC(n2cncc2-c2cccc(Cl)c2)CCN1. The van der Waals surface area contributed by atoms with Gasteiger partial charge in [0.25, 0.3) is 0 Å². The van der Waals surface area contributed by atoms with E-state index in [1.807, 2.05) is 30.7 Å². The first-order chi connectivity index (χ1) is 9.24. The van der Waals surface area contributed by atoms with Crippen molar-refractivity contribution in [1.82, 2.24) is 14.9 Å². The molecule has 1 aliphatic rings. The van der Waals surface area contributed by atoms with Crippen LogP contribution in [-0.4, -0.2) is 22.1 Å². The predicted molar refractivity (Wildman–Crippen MR) is 78.4 cm³/mol. The van der Waals surface area contributed by atoms with Crippen molar-refractivity contribution >= 4 is 11.6 Å². The summed E-state index contributed by atoms with van der Waals surface area (Å²) in [5.41, 5.74) is 2.29. The first-order valence-electron chi connectivity index (χ1n) is 6.75. The molecule has 2 heterocycles. The van der Waals surface area contributed by atoms with Crippen LogP contribution in [0.15, 0.2) is 36.8 Å². The van der Waals surface area contributed by atoms with Crippen molar-refractivity contribution in [2.75, 3.05) is 6.54 Å². The number of nitrogens with zero attached hydrogens (tertiary/aromatic N) is 2. The Hall–Kier alpha value is -1.32. The Balaban J connectivity index is 1.94. The average Bonchev–Trinajstić information content (AvgIpc) is 2.88. The van der Waals surface area contributed by atoms with Crippen molar-refractivity contribution in [1.29, 1.82) is 0 Å². The molecule has 0 amide bonds. The summed E-state index contributed by atoms with van der Waals surface area (Å²) in [7, 11) is 0. The molecule has 2 atom stereocenters. The van der Waals surface area contributed by atoms with E-state index < -0.39 is 0 Å². The molecule has 1 aromatic heterocycles. The fraction of sp³-hybridized carbons (Fsp3) is 0.400. The highest BCUT2D eigenvalue weighted by atomic mass is 35.5. The summed E-state index contributed by atoms with van der Waals surface area (Å²) in [6, 6.07) is 9.06. The lowest BCUT2D eigenvalue weighted by Crippen LogP contribution is -2.36. The number of rotatable bonds is 2. The molecule has 1 aliphatic heterocycles. The smallest absolute Gasteiger partial charge is 0.0953 e. The maximum Gasteiger partial charge on any atom is 0.0953 e. The van der Waals surface area contributed by atoms with Gasteiger partial charge in [0.1, 0.15) is 0 Å². The van der Waals surface area contributed by atoms with Gasteiger partial charge in [-0.25, -0.2) is 4.98 Å². The van der Waals surface area contributed by atoms with E-state index in [2.05, 4.69) is 27.9 Å². The molecule has 1 N–H and O–H groups in total. The Labute approximate surface area is 118 Å². The number of nitrogens with one attached hydrogen (secondary N) is 1. The van der Waals surface area contributed by atoms with Crippen LogP contribution in [0.2, 0.25) is 5.02 Å². The fourth-order valence-electron chi connectivity index (χ4n) is 2.83. The summed E-state index contributed by atoms with van der Waals surface area (Å²) in [6.45, 7) is 3.31. The molecule has 2 aromatic rings. The number of aromatic nitrogens is 2. The van der Waals surface area contributed by atoms with Gasteiger partial charge in [0.05, 0.1) is 18.2 Å². The summed E-state index contributed by atoms with van der Waals surface area (Å²) >= 11 is 6.08. The highest BCUT2D eigenvalue weighted by Crippen LogP contribution is 2.29. The van der Waals surface area contributed by atoms with Crippen LogP contribution in [0.25, 0.3) is 11.3 Å². The highest BCUT2D eigenvalue weighted by Gasteiger charge is 2.21. The summed E-state index contributed by atoms with van der Waals surface area (Å²) in [4.78, 5) is 4.33. The minimum atomic E-state index is 0.521. The van der Waals surface area contributed by atoms with Gasteiger partial charge in [0.15, 0.2) is 0 Å². The van der Waals surface area contributed by atoms with Crippen molar-refractivity contribution in [3.05, 3.63) is 41.8 Å². The first-order valence-corrected chi connectivity index (χ1v) is 7.13. The second-order valence-electron chi connectivity index (χ2n) is 5.23. The number of piperidine rings is 1. The van der Waals surface area contributed by atoms with Gasteiger partial charge in [-0.3, -0.25) is 0 Å². The molecule has 0 radical (unpaired) electrons. The fourth-order valence-corrected chi connectivity index (χ4v) is 3.02. The van der Waals surface area contributed by atoms with E-state index in [9.17, 15) is 0 Å².